The van der Waals surface area contributed by atoms with Crippen molar-refractivity contribution >= 4 is 11.9 Å². The summed E-state index contributed by atoms with van der Waals surface area (Å²) in [6, 6.07) is 3.63. The van der Waals surface area contributed by atoms with E-state index in [4.69, 9.17) is 5.21 Å². The number of benzene rings is 1. The SMILES string of the molecule is ON=CC1CCN(c2ccc(F)cc2F)CC1. The molecule has 0 amide bonds. The number of hydrogen-bond acceptors (Lipinski definition) is 3. The van der Waals surface area contributed by atoms with E-state index in [1.807, 2.05) is 4.90 Å². The van der Waals surface area contributed by atoms with E-state index in [1.165, 1.54) is 18.3 Å². The van der Waals surface area contributed by atoms with Gasteiger partial charge < -0.3 is 10.1 Å². The van der Waals surface area contributed by atoms with Crippen molar-refractivity contribution in [2.24, 2.45) is 11.1 Å². The molecule has 0 radical (unpaired) electrons. The van der Waals surface area contributed by atoms with Gasteiger partial charge in [0.15, 0.2) is 0 Å². The van der Waals surface area contributed by atoms with Gasteiger partial charge in [-0.05, 0) is 25.0 Å². The minimum Gasteiger partial charge on any atom is -0.411 e. The predicted molar refractivity (Wildman–Crippen MR) is 61.6 cm³/mol. The highest BCUT2D eigenvalue weighted by Crippen LogP contribution is 2.25. The lowest BCUT2D eigenvalue weighted by Crippen LogP contribution is -2.34. The summed E-state index contributed by atoms with van der Waals surface area (Å²) >= 11 is 0. The lowest BCUT2D eigenvalue weighted by atomic mass is 9.98. The Bertz CT molecular complexity index is 415. The van der Waals surface area contributed by atoms with Crippen molar-refractivity contribution in [3.8, 4) is 0 Å². The van der Waals surface area contributed by atoms with Gasteiger partial charge in [-0.1, -0.05) is 0 Å². The molecule has 1 fully saturated rings. The van der Waals surface area contributed by atoms with Gasteiger partial charge in [-0.2, -0.15) is 0 Å². The molecule has 0 aliphatic carbocycles. The van der Waals surface area contributed by atoms with E-state index in [9.17, 15) is 8.78 Å². The molecule has 2 rings (SSSR count). The zero-order chi connectivity index (χ0) is 12.3. The number of hydrogen-bond donors (Lipinski definition) is 1. The zero-order valence-electron chi connectivity index (χ0n) is 9.31. The molecular formula is C12H14F2N2O. The van der Waals surface area contributed by atoms with Crippen LogP contribution in [0, 0.1) is 17.6 Å². The second-order valence-corrected chi connectivity index (χ2v) is 4.18. The quantitative estimate of drug-likeness (QED) is 0.490. The molecule has 1 heterocycles. The molecule has 0 atom stereocenters. The van der Waals surface area contributed by atoms with Gasteiger partial charge in [0, 0.05) is 31.3 Å². The van der Waals surface area contributed by atoms with Crippen molar-refractivity contribution in [2.75, 3.05) is 18.0 Å². The van der Waals surface area contributed by atoms with Crippen LogP contribution in [0.25, 0.3) is 0 Å². The smallest absolute Gasteiger partial charge is 0.149 e. The van der Waals surface area contributed by atoms with Crippen LogP contribution in [0.15, 0.2) is 23.4 Å². The van der Waals surface area contributed by atoms with E-state index in [0.29, 0.717) is 18.8 Å². The van der Waals surface area contributed by atoms with Crippen LogP contribution in [0.1, 0.15) is 12.8 Å². The zero-order valence-corrected chi connectivity index (χ0v) is 9.31. The fourth-order valence-electron chi connectivity index (χ4n) is 2.12. The summed E-state index contributed by atoms with van der Waals surface area (Å²) in [6.45, 7) is 1.36. The largest absolute Gasteiger partial charge is 0.411 e. The van der Waals surface area contributed by atoms with Gasteiger partial charge >= 0.3 is 0 Å². The van der Waals surface area contributed by atoms with E-state index in [-0.39, 0.29) is 5.92 Å². The number of rotatable bonds is 2. The molecule has 1 saturated heterocycles. The standard InChI is InChI=1S/C12H14F2N2O/c13-10-1-2-12(11(14)7-10)16-5-3-9(4-6-16)8-15-17/h1-2,7-9,17H,3-6H2. The average molecular weight is 240 g/mol. The molecule has 1 aromatic carbocycles. The Kier molecular flexibility index (Phi) is 3.56. The summed E-state index contributed by atoms with van der Waals surface area (Å²) in [5, 5.41) is 11.4. The molecule has 0 bridgehead atoms. The Hall–Kier alpha value is -1.65. The summed E-state index contributed by atoms with van der Waals surface area (Å²) in [5.74, 6) is -0.854. The maximum absolute atomic E-state index is 13.5. The summed E-state index contributed by atoms with van der Waals surface area (Å²) < 4.78 is 26.3. The molecule has 5 heteroatoms. The third-order valence-corrected chi connectivity index (χ3v) is 3.07. The summed E-state index contributed by atoms with van der Waals surface area (Å²) in [4.78, 5) is 1.89. The second-order valence-electron chi connectivity index (χ2n) is 4.18. The first-order chi connectivity index (χ1) is 8.20. The molecule has 0 spiro atoms. The number of oxime groups is 1. The number of anilines is 1. The molecule has 1 aliphatic rings. The van der Waals surface area contributed by atoms with E-state index in [1.54, 1.807) is 0 Å². The first-order valence-corrected chi connectivity index (χ1v) is 5.58. The number of nitrogens with zero attached hydrogens (tertiary/aromatic N) is 2. The Morgan fingerprint density at radius 1 is 1.29 bits per heavy atom. The Morgan fingerprint density at radius 2 is 2.00 bits per heavy atom. The van der Waals surface area contributed by atoms with Crippen LogP contribution in [-0.4, -0.2) is 24.5 Å². The second kappa shape index (κ2) is 5.12. The monoisotopic (exact) mass is 240 g/mol. The van der Waals surface area contributed by atoms with Crippen molar-refractivity contribution in [3.63, 3.8) is 0 Å². The summed E-state index contributed by atoms with van der Waals surface area (Å²) in [5.41, 5.74) is 0.436. The van der Waals surface area contributed by atoms with Gasteiger partial charge in [0.2, 0.25) is 0 Å². The van der Waals surface area contributed by atoms with Crippen LogP contribution in [-0.2, 0) is 0 Å². The van der Waals surface area contributed by atoms with Crippen molar-refractivity contribution in [2.45, 2.75) is 12.8 Å². The highest BCUT2D eigenvalue weighted by molar-refractivity contribution is 5.61. The summed E-state index contributed by atoms with van der Waals surface area (Å²) in [7, 11) is 0. The first-order valence-electron chi connectivity index (χ1n) is 5.58. The van der Waals surface area contributed by atoms with Gasteiger partial charge in [-0.3, -0.25) is 0 Å². The molecule has 1 aromatic rings. The van der Waals surface area contributed by atoms with Crippen molar-refractivity contribution in [1.82, 2.24) is 0 Å². The first kappa shape index (κ1) is 11.8. The Morgan fingerprint density at radius 3 is 2.59 bits per heavy atom. The van der Waals surface area contributed by atoms with Crippen LogP contribution in [0.3, 0.4) is 0 Å². The van der Waals surface area contributed by atoms with Gasteiger partial charge in [0.05, 0.1) is 5.69 Å². The normalized spacial score (nSPS) is 17.9. The fraction of sp³-hybridized carbons (Fsp3) is 0.417. The average Bonchev–Trinajstić information content (AvgIpc) is 2.31. The Labute approximate surface area is 98.3 Å². The van der Waals surface area contributed by atoms with Crippen LogP contribution >= 0.6 is 0 Å². The van der Waals surface area contributed by atoms with Gasteiger partial charge in [-0.25, -0.2) is 8.78 Å². The molecule has 1 N–H and O–H groups in total. The number of halogens is 2. The van der Waals surface area contributed by atoms with Crippen molar-refractivity contribution in [3.05, 3.63) is 29.8 Å². The van der Waals surface area contributed by atoms with Gasteiger partial charge in [0.25, 0.3) is 0 Å². The highest BCUT2D eigenvalue weighted by Gasteiger charge is 2.20. The van der Waals surface area contributed by atoms with Crippen molar-refractivity contribution in [1.29, 1.82) is 0 Å². The van der Waals surface area contributed by atoms with E-state index < -0.39 is 11.6 Å². The van der Waals surface area contributed by atoms with Crippen molar-refractivity contribution < 1.29 is 14.0 Å². The highest BCUT2D eigenvalue weighted by atomic mass is 19.1. The maximum Gasteiger partial charge on any atom is 0.149 e. The molecule has 1 aliphatic heterocycles. The number of piperidine rings is 1. The third-order valence-electron chi connectivity index (χ3n) is 3.07. The fourth-order valence-corrected chi connectivity index (χ4v) is 2.12. The molecule has 0 aromatic heterocycles. The van der Waals surface area contributed by atoms with E-state index in [0.717, 1.165) is 18.9 Å². The Balaban J connectivity index is 2.05. The van der Waals surface area contributed by atoms with Gasteiger partial charge in [-0.15, -0.1) is 5.16 Å². The van der Waals surface area contributed by atoms with Crippen LogP contribution in [0.2, 0.25) is 0 Å². The van der Waals surface area contributed by atoms with E-state index in [2.05, 4.69) is 5.16 Å². The minimum absolute atomic E-state index is 0.236. The molecule has 0 saturated carbocycles. The van der Waals surface area contributed by atoms with Crippen LogP contribution < -0.4 is 4.90 Å². The lowest BCUT2D eigenvalue weighted by molar-refractivity contribution is 0.316. The summed E-state index contributed by atoms with van der Waals surface area (Å²) in [6.07, 6.45) is 3.13. The minimum atomic E-state index is -0.562. The van der Waals surface area contributed by atoms with E-state index >= 15 is 0 Å². The molecular weight excluding hydrogens is 226 g/mol. The predicted octanol–water partition coefficient (Wildman–Crippen LogP) is 2.64. The molecule has 3 nitrogen and oxygen atoms in total. The van der Waals surface area contributed by atoms with Gasteiger partial charge in [0.1, 0.15) is 11.6 Å². The third kappa shape index (κ3) is 2.72. The van der Waals surface area contributed by atoms with Crippen LogP contribution in [0.5, 0.6) is 0 Å². The lowest BCUT2D eigenvalue weighted by Gasteiger charge is -2.32. The molecule has 92 valence electrons. The topological polar surface area (TPSA) is 35.8 Å². The molecule has 0 unspecified atom stereocenters. The maximum atomic E-state index is 13.5. The van der Waals surface area contributed by atoms with Crippen LogP contribution in [0.4, 0.5) is 14.5 Å². The molecule has 17 heavy (non-hydrogen) atoms.